The van der Waals surface area contributed by atoms with Gasteiger partial charge in [-0.15, -0.1) is 0 Å². The maximum atomic E-state index is 11.8. The minimum Gasteiger partial charge on any atom is -0.353 e. The van der Waals surface area contributed by atoms with Crippen molar-refractivity contribution >= 4 is 11.7 Å². The van der Waals surface area contributed by atoms with Crippen molar-refractivity contribution < 1.29 is 4.79 Å². The Bertz CT molecular complexity index is 458. The van der Waals surface area contributed by atoms with E-state index in [4.69, 9.17) is 0 Å². The van der Waals surface area contributed by atoms with Crippen molar-refractivity contribution in [2.24, 2.45) is 5.92 Å². The molecule has 4 nitrogen and oxygen atoms in total. The standard InChI is InChI=1S/C17H27N3O/c1-4-7-13(3)15-8-6-11-20(15)16-10-9-14(12-19-16)17(21)18-5-2/h9-10,12-13,15H,4-8,11H2,1-3H3,(H,18,21). The van der Waals surface area contributed by atoms with Crippen LogP contribution in [0.2, 0.25) is 0 Å². The molecule has 1 aromatic heterocycles. The lowest BCUT2D eigenvalue weighted by molar-refractivity contribution is 0.0955. The van der Waals surface area contributed by atoms with Gasteiger partial charge in [-0.2, -0.15) is 0 Å². The Balaban J connectivity index is 2.08. The summed E-state index contributed by atoms with van der Waals surface area (Å²) in [4.78, 5) is 18.7. The molecule has 1 aliphatic rings. The summed E-state index contributed by atoms with van der Waals surface area (Å²) in [5.74, 6) is 1.66. The van der Waals surface area contributed by atoms with Crippen LogP contribution in [-0.4, -0.2) is 30.0 Å². The topological polar surface area (TPSA) is 45.2 Å². The average Bonchev–Trinajstić information content (AvgIpc) is 2.97. The van der Waals surface area contributed by atoms with Gasteiger partial charge in [0.2, 0.25) is 0 Å². The van der Waals surface area contributed by atoms with E-state index in [0.29, 0.717) is 24.1 Å². The fraction of sp³-hybridized carbons (Fsp3) is 0.647. The number of hydrogen-bond donors (Lipinski definition) is 1. The second-order valence-corrected chi connectivity index (χ2v) is 5.93. The Morgan fingerprint density at radius 2 is 2.29 bits per heavy atom. The number of nitrogens with zero attached hydrogens (tertiary/aromatic N) is 2. The molecule has 2 atom stereocenters. The minimum absolute atomic E-state index is 0.0473. The van der Waals surface area contributed by atoms with E-state index in [2.05, 4.69) is 29.0 Å². The molecule has 1 fully saturated rings. The van der Waals surface area contributed by atoms with Crippen LogP contribution in [0.1, 0.15) is 56.8 Å². The number of pyridine rings is 1. The molecule has 0 spiro atoms. The Labute approximate surface area is 127 Å². The first-order valence-corrected chi connectivity index (χ1v) is 8.18. The number of carbonyl (C=O) groups excluding carboxylic acids is 1. The quantitative estimate of drug-likeness (QED) is 0.874. The second kappa shape index (κ2) is 7.43. The number of amides is 1. The fourth-order valence-electron chi connectivity index (χ4n) is 3.27. The Hall–Kier alpha value is -1.58. The molecule has 1 amide bonds. The third-order valence-electron chi connectivity index (χ3n) is 4.34. The maximum Gasteiger partial charge on any atom is 0.252 e. The summed E-state index contributed by atoms with van der Waals surface area (Å²) in [6.45, 7) is 8.23. The van der Waals surface area contributed by atoms with Crippen LogP contribution in [0.15, 0.2) is 18.3 Å². The molecule has 116 valence electrons. The van der Waals surface area contributed by atoms with E-state index < -0.39 is 0 Å². The Morgan fingerprint density at radius 3 is 2.90 bits per heavy atom. The van der Waals surface area contributed by atoms with Gasteiger partial charge < -0.3 is 10.2 Å². The SMILES string of the molecule is CCCC(C)C1CCCN1c1ccc(C(=O)NCC)cn1. The first-order valence-electron chi connectivity index (χ1n) is 8.18. The molecule has 1 aromatic rings. The van der Waals surface area contributed by atoms with Crippen molar-refractivity contribution in [3.05, 3.63) is 23.9 Å². The van der Waals surface area contributed by atoms with Crippen molar-refractivity contribution in [1.82, 2.24) is 10.3 Å². The van der Waals surface area contributed by atoms with Gasteiger partial charge in [-0.3, -0.25) is 4.79 Å². The number of hydrogen-bond acceptors (Lipinski definition) is 3. The van der Waals surface area contributed by atoms with Crippen LogP contribution in [-0.2, 0) is 0 Å². The monoisotopic (exact) mass is 289 g/mol. The van der Waals surface area contributed by atoms with Crippen molar-refractivity contribution in [2.75, 3.05) is 18.0 Å². The summed E-state index contributed by atoms with van der Waals surface area (Å²) in [6, 6.07) is 4.46. The van der Waals surface area contributed by atoms with Crippen LogP contribution in [0.5, 0.6) is 0 Å². The third kappa shape index (κ3) is 3.74. The molecule has 21 heavy (non-hydrogen) atoms. The summed E-state index contributed by atoms with van der Waals surface area (Å²) >= 11 is 0. The summed E-state index contributed by atoms with van der Waals surface area (Å²) in [7, 11) is 0. The number of rotatable bonds is 6. The normalized spacial score (nSPS) is 19.6. The van der Waals surface area contributed by atoms with Crippen molar-refractivity contribution in [3.63, 3.8) is 0 Å². The largest absolute Gasteiger partial charge is 0.353 e. The smallest absolute Gasteiger partial charge is 0.252 e. The number of nitrogens with one attached hydrogen (secondary N) is 1. The molecule has 1 N–H and O–H groups in total. The van der Waals surface area contributed by atoms with E-state index in [0.717, 1.165) is 12.4 Å². The van der Waals surface area contributed by atoms with E-state index in [9.17, 15) is 4.79 Å². The van der Waals surface area contributed by atoms with Gasteiger partial charge in [0.05, 0.1) is 5.56 Å². The lowest BCUT2D eigenvalue weighted by atomic mass is 9.95. The van der Waals surface area contributed by atoms with E-state index >= 15 is 0 Å². The number of anilines is 1. The molecule has 0 aliphatic carbocycles. The van der Waals surface area contributed by atoms with Gasteiger partial charge in [-0.25, -0.2) is 4.98 Å². The van der Waals surface area contributed by atoms with Gasteiger partial charge in [-0.05, 0) is 44.2 Å². The Morgan fingerprint density at radius 1 is 1.48 bits per heavy atom. The molecule has 1 saturated heterocycles. The van der Waals surface area contributed by atoms with E-state index in [-0.39, 0.29) is 5.91 Å². The molecule has 0 bridgehead atoms. The second-order valence-electron chi connectivity index (χ2n) is 5.93. The van der Waals surface area contributed by atoms with Crippen LogP contribution in [0.25, 0.3) is 0 Å². The van der Waals surface area contributed by atoms with Crippen molar-refractivity contribution in [1.29, 1.82) is 0 Å². The summed E-state index contributed by atoms with van der Waals surface area (Å²) in [6.07, 6.45) is 6.67. The summed E-state index contributed by atoms with van der Waals surface area (Å²) in [5.41, 5.74) is 0.637. The number of carbonyl (C=O) groups is 1. The van der Waals surface area contributed by atoms with Gasteiger partial charge in [0.25, 0.3) is 5.91 Å². The molecule has 2 rings (SSSR count). The van der Waals surface area contributed by atoms with E-state index in [1.165, 1.54) is 25.7 Å². The highest BCUT2D eigenvalue weighted by Crippen LogP contribution is 2.30. The summed E-state index contributed by atoms with van der Waals surface area (Å²) in [5, 5.41) is 2.80. The minimum atomic E-state index is -0.0473. The van der Waals surface area contributed by atoms with Crippen LogP contribution < -0.4 is 10.2 Å². The molecule has 0 radical (unpaired) electrons. The third-order valence-corrected chi connectivity index (χ3v) is 4.34. The highest BCUT2D eigenvalue weighted by molar-refractivity contribution is 5.94. The van der Waals surface area contributed by atoms with Gasteiger partial charge in [0.15, 0.2) is 0 Å². The molecular formula is C17H27N3O. The van der Waals surface area contributed by atoms with E-state index in [1.54, 1.807) is 6.20 Å². The predicted molar refractivity (Wildman–Crippen MR) is 86.7 cm³/mol. The predicted octanol–water partition coefficient (Wildman–Crippen LogP) is 3.24. The van der Waals surface area contributed by atoms with Crippen molar-refractivity contribution in [2.45, 2.75) is 52.5 Å². The summed E-state index contributed by atoms with van der Waals surface area (Å²) < 4.78 is 0. The molecule has 2 heterocycles. The lowest BCUT2D eigenvalue weighted by Gasteiger charge is -2.30. The van der Waals surface area contributed by atoms with Crippen LogP contribution >= 0.6 is 0 Å². The first kappa shape index (κ1) is 15.8. The average molecular weight is 289 g/mol. The molecular weight excluding hydrogens is 262 g/mol. The van der Waals surface area contributed by atoms with Gasteiger partial charge in [0, 0.05) is 25.3 Å². The fourth-order valence-corrected chi connectivity index (χ4v) is 3.27. The molecule has 0 aromatic carbocycles. The zero-order valence-corrected chi connectivity index (χ0v) is 13.4. The maximum absolute atomic E-state index is 11.8. The Kier molecular flexibility index (Phi) is 5.59. The van der Waals surface area contributed by atoms with Crippen LogP contribution in [0.3, 0.4) is 0 Å². The van der Waals surface area contributed by atoms with Gasteiger partial charge >= 0.3 is 0 Å². The lowest BCUT2D eigenvalue weighted by Crippen LogP contribution is -2.35. The van der Waals surface area contributed by atoms with Crippen LogP contribution in [0.4, 0.5) is 5.82 Å². The van der Waals surface area contributed by atoms with Gasteiger partial charge in [-0.1, -0.05) is 20.3 Å². The highest BCUT2D eigenvalue weighted by Gasteiger charge is 2.29. The molecule has 2 unspecified atom stereocenters. The molecule has 0 saturated carbocycles. The van der Waals surface area contributed by atoms with Crippen molar-refractivity contribution in [3.8, 4) is 0 Å². The molecule has 4 heteroatoms. The number of aromatic nitrogens is 1. The highest BCUT2D eigenvalue weighted by atomic mass is 16.1. The molecule has 1 aliphatic heterocycles. The zero-order chi connectivity index (χ0) is 15.2. The van der Waals surface area contributed by atoms with Crippen LogP contribution in [0, 0.1) is 5.92 Å². The zero-order valence-electron chi connectivity index (χ0n) is 13.4. The first-order chi connectivity index (χ1) is 10.2. The van der Waals surface area contributed by atoms with E-state index in [1.807, 2.05) is 19.1 Å². The van der Waals surface area contributed by atoms with Gasteiger partial charge in [0.1, 0.15) is 5.82 Å².